The quantitative estimate of drug-likeness (QED) is 0.555. The minimum absolute atomic E-state index is 0.102. The first-order valence-corrected chi connectivity index (χ1v) is 8.34. The van der Waals surface area contributed by atoms with Crippen LogP contribution in [0, 0.1) is 0 Å². The number of benzene rings is 2. The van der Waals surface area contributed by atoms with Crippen LogP contribution >= 0.6 is 0 Å². The fraction of sp³-hybridized carbons (Fsp3) is 0.200. The zero-order chi connectivity index (χ0) is 18.7. The summed E-state index contributed by atoms with van der Waals surface area (Å²) in [4.78, 5) is 16.3. The van der Waals surface area contributed by atoms with Crippen molar-refractivity contribution in [1.82, 2.24) is 0 Å². The van der Waals surface area contributed by atoms with E-state index < -0.39 is 0 Å². The Balaban J connectivity index is 1.99. The minimum atomic E-state index is -0.134. The Morgan fingerprint density at radius 2 is 1.67 bits per heavy atom. The van der Waals surface area contributed by atoms with Crippen LogP contribution in [0.2, 0.25) is 0 Å². The second-order valence-electron chi connectivity index (χ2n) is 6.20. The molecule has 5 rings (SSSR count). The lowest BCUT2D eigenvalue weighted by Gasteiger charge is -2.22. The molecular weight excluding hydrogens is 350 g/mol. The summed E-state index contributed by atoms with van der Waals surface area (Å²) in [6, 6.07) is 5.35. The van der Waals surface area contributed by atoms with Gasteiger partial charge in [-0.1, -0.05) is 0 Å². The van der Waals surface area contributed by atoms with Crippen molar-refractivity contribution in [3.63, 3.8) is 0 Å². The second-order valence-corrected chi connectivity index (χ2v) is 6.20. The minimum Gasteiger partial charge on any atom is -0.493 e. The highest BCUT2D eigenvalue weighted by Crippen LogP contribution is 2.56. The Hall–Kier alpha value is -3.48. The molecule has 1 aliphatic heterocycles. The number of carbonyl (C=O) groups is 1. The van der Waals surface area contributed by atoms with Crippen LogP contribution in [0.5, 0.6) is 28.7 Å². The number of hydrogen-bond acceptors (Lipinski definition) is 6. The van der Waals surface area contributed by atoms with Crippen LogP contribution in [0.1, 0.15) is 16.1 Å². The zero-order valence-electron chi connectivity index (χ0n) is 15.0. The van der Waals surface area contributed by atoms with E-state index in [9.17, 15) is 4.79 Å². The predicted molar refractivity (Wildman–Crippen MR) is 95.2 cm³/mol. The van der Waals surface area contributed by atoms with Gasteiger partial charge in [-0.3, -0.25) is 4.79 Å². The van der Waals surface area contributed by atoms with Crippen LogP contribution in [0.3, 0.4) is 0 Å². The van der Waals surface area contributed by atoms with Crippen molar-refractivity contribution in [3.8, 4) is 39.9 Å². The highest BCUT2D eigenvalue weighted by molar-refractivity contribution is 6.26. The number of H-pyrrole nitrogens is 1. The van der Waals surface area contributed by atoms with Crippen LogP contribution in [0.15, 0.2) is 24.4 Å². The molecule has 1 aromatic heterocycles. The number of ether oxygens (including phenoxy) is 5. The summed E-state index contributed by atoms with van der Waals surface area (Å²) in [5, 5.41) is 1.53. The van der Waals surface area contributed by atoms with E-state index in [0.29, 0.717) is 45.6 Å². The SMILES string of the molecule is COc1cc2c(cc1OC)-c1c(OC)c3c(c4cc[nH+]c(c14)C2=O)OCO3. The van der Waals surface area contributed by atoms with Crippen LogP contribution < -0.4 is 28.7 Å². The zero-order valence-corrected chi connectivity index (χ0v) is 15.0. The van der Waals surface area contributed by atoms with Gasteiger partial charge in [0, 0.05) is 28.1 Å². The van der Waals surface area contributed by atoms with Gasteiger partial charge in [0.25, 0.3) is 11.5 Å². The smallest absolute Gasteiger partial charge is 0.260 e. The van der Waals surface area contributed by atoms with Gasteiger partial charge in [0.1, 0.15) is 0 Å². The number of rotatable bonds is 3. The average Bonchev–Trinajstić information content (AvgIpc) is 3.20. The molecule has 0 bridgehead atoms. The van der Waals surface area contributed by atoms with E-state index >= 15 is 0 Å². The van der Waals surface area contributed by atoms with E-state index in [-0.39, 0.29) is 12.6 Å². The molecule has 1 aliphatic carbocycles. The van der Waals surface area contributed by atoms with Crippen LogP contribution in [-0.2, 0) is 0 Å². The molecule has 0 radical (unpaired) electrons. The first kappa shape index (κ1) is 15.7. The molecule has 0 spiro atoms. The van der Waals surface area contributed by atoms with Crippen molar-refractivity contribution in [2.75, 3.05) is 28.1 Å². The van der Waals surface area contributed by atoms with Crippen LogP contribution in [-0.4, -0.2) is 33.9 Å². The van der Waals surface area contributed by atoms with E-state index in [1.165, 1.54) is 7.11 Å². The summed E-state index contributed by atoms with van der Waals surface area (Å²) in [6.07, 6.45) is 1.72. The maximum absolute atomic E-state index is 13.2. The third-order valence-electron chi connectivity index (χ3n) is 5.01. The average molecular weight is 366 g/mol. The van der Waals surface area contributed by atoms with Gasteiger partial charge in [-0.2, -0.15) is 0 Å². The lowest BCUT2D eigenvalue weighted by molar-refractivity contribution is -0.379. The molecule has 3 aromatic rings. The van der Waals surface area contributed by atoms with Gasteiger partial charge >= 0.3 is 0 Å². The summed E-state index contributed by atoms with van der Waals surface area (Å²) < 4.78 is 27.9. The van der Waals surface area contributed by atoms with Crippen molar-refractivity contribution in [2.45, 2.75) is 0 Å². The van der Waals surface area contributed by atoms with Gasteiger partial charge < -0.3 is 23.7 Å². The van der Waals surface area contributed by atoms with E-state index in [1.807, 2.05) is 6.07 Å². The highest BCUT2D eigenvalue weighted by Gasteiger charge is 2.38. The number of pyridine rings is 1. The molecule has 2 aromatic carbocycles. The fourth-order valence-corrected chi connectivity index (χ4v) is 3.86. The second kappa shape index (κ2) is 5.51. The molecule has 27 heavy (non-hydrogen) atoms. The topological polar surface area (TPSA) is 77.4 Å². The summed E-state index contributed by atoms with van der Waals surface area (Å²) in [6.45, 7) is 0.102. The first-order valence-electron chi connectivity index (χ1n) is 8.34. The summed E-state index contributed by atoms with van der Waals surface area (Å²) in [5.41, 5.74) is 2.43. The standard InChI is InChI=1S/C20H15NO6/c1-23-12-6-10-11(7-13(12)24-2)17(22)16-14-9(4-5-21-16)18-20(27-8-26-18)19(25-3)15(10)14/h4-7H,8H2,1-3H3/p+1. The normalized spacial score (nSPS) is 13.5. The predicted octanol–water partition coefficient (Wildman–Crippen LogP) is 2.62. The van der Waals surface area contributed by atoms with Gasteiger partial charge in [-0.15, -0.1) is 0 Å². The molecule has 7 nitrogen and oxygen atoms in total. The molecule has 0 unspecified atom stereocenters. The molecule has 7 heteroatoms. The van der Waals surface area contributed by atoms with E-state index in [4.69, 9.17) is 23.7 Å². The fourth-order valence-electron chi connectivity index (χ4n) is 3.86. The van der Waals surface area contributed by atoms with Gasteiger partial charge in [0.2, 0.25) is 12.5 Å². The lowest BCUT2D eigenvalue weighted by atomic mass is 9.84. The number of ketones is 1. The molecule has 0 fully saturated rings. The molecule has 0 saturated carbocycles. The third-order valence-corrected chi connectivity index (χ3v) is 5.01. The number of fused-ring (bicyclic) bond motifs is 4. The first-order chi connectivity index (χ1) is 13.2. The Morgan fingerprint density at radius 1 is 0.963 bits per heavy atom. The molecule has 2 heterocycles. The number of aromatic nitrogens is 1. The number of nitrogens with one attached hydrogen (secondary N) is 1. The number of carbonyl (C=O) groups excluding carboxylic acids is 1. The van der Waals surface area contributed by atoms with Crippen molar-refractivity contribution < 1.29 is 33.5 Å². The molecule has 0 saturated heterocycles. The molecule has 0 atom stereocenters. The van der Waals surface area contributed by atoms with E-state index in [0.717, 1.165) is 16.3 Å². The molecular formula is C20H16NO6+. The summed E-state index contributed by atoms with van der Waals surface area (Å²) >= 11 is 0. The van der Waals surface area contributed by atoms with Crippen LogP contribution in [0.4, 0.5) is 0 Å². The number of hydrogen-bond donors (Lipinski definition) is 0. The third kappa shape index (κ3) is 1.91. The molecule has 0 amide bonds. The van der Waals surface area contributed by atoms with Crippen molar-refractivity contribution in [3.05, 3.63) is 35.7 Å². The van der Waals surface area contributed by atoms with E-state index in [2.05, 4.69) is 4.98 Å². The number of methoxy groups -OCH3 is 3. The summed E-state index contributed by atoms with van der Waals surface area (Å²) in [5.74, 6) is 2.52. The highest BCUT2D eigenvalue weighted by atomic mass is 16.7. The maximum atomic E-state index is 13.2. The Labute approximate surface area is 154 Å². The van der Waals surface area contributed by atoms with Crippen LogP contribution in [0.25, 0.3) is 21.9 Å². The monoisotopic (exact) mass is 366 g/mol. The largest absolute Gasteiger partial charge is 0.493 e. The van der Waals surface area contributed by atoms with Gasteiger partial charge in [0.05, 0.1) is 26.7 Å². The van der Waals surface area contributed by atoms with Gasteiger partial charge in [-0.05, 0) is 12.1 Å². The number of aromatic amines is 1. The molecule has 1 N–H and O–H groups in total. The Morgan fingerprint density at radius 3 is 2.37 bits per heavy atom. The maximum Gasteiger partial charge on any atom is 0.260 e. The van der Waals surface area contributed by atoms with Crippen molar-refractivity contribution in [1.29, 1.82) is 0 Å². The lowest BCUT2D eigenvalue weighted by Crippen LogP contribution is -2.22. The summed E-state index contributed by atoms with van der Waals surface area (Å²) in [7, 11) is 4.67. The Bertz CT molecular complexity index is 1140. The Kier molecular flexibility index (Phi) is 3.21. The van der Waals surface area contributed by atoms with Crippen molar-refractivity contribution >= 4 is 16.6 Å². The molecule has 2 aliphatic rings. The molecule has 136 valence electrons. The van der Waals surface area contributed by atoms with Gasteiger partial charge in [0.15, 0.2) is 29.2 Å². The van der Waals surface area contributed by atoms with E-state index in [1.54, 1.807) is 32.5 Å². The van der Waals surface area contributed by atoms with Crippen molar-refractivity contribution in [2.24, 2.45) is 0 Å². The van der Waals surface area contributed by atoms with Gasteiger partial charge in [-0.25, -0.2) is 4.98 Å².